The molecule has 3 heteroatoms. The summed E-state index contributed by atoms with van der Waals surface area (Å²) in [6.45, 7) is 2.64. The average Bonchev–Trinajstić information content (AvgIpc) is 2.89. The van der Waals surface area contributed by atoms with Crippen LogP contribution in [-0.4, -0.2) is 17.8 Å². The molecule has 0 aromatic heterocycles. The minimum Gasteiger partial charge on any atom is -0.392 e. The van der Waals surface area contributed by atoms with Crippen LogP contribution >= 0.6 is 11.6 Å². The van der Waals surface area contributed by atoms with Gasteiger partial charge in [0.2, 0.25) is 0 Å². The standard InChI is InChI=1S/C16H24ClNO/c1-2-16(8-3-4-9-16)15(19)14(11-18)12-6-5-7-13(17)10-12/h5-7,10,14-15,19H,2-4,8-9,11,18H2,1H3. The molecule has 19 heavy (non-hydrogen) atoms. The fraction of sp³-hybridized carbons (Fsp3) is 0.625. The third-order valence-corrected chi connectivity index (χ3v) is 5.08. The van der Waals surface area contributed by atoms with Crippen LogP contribution in [0.4, 0.5) is 0 Å². The third kappa shape index (κ3) is 2.96. The molecule has 1 aromatic carbocycles. The second kappa shape index (κ2) is 6.25. The number of aliphatic hydroxyl groups is 1. The predicted octanol–water partition coefficient (Wildman–Crippen LogP) is 3.71. The molecule has 3 N–H and O–H groups in total. The van der Waals surface area contributed by atoms with Gasteiger partial charge in [-0.05, 0) is 42.4 Å². The number of halogens is 1. The van der Waals surface area contributed by atoms with E-state index in [0.717, 1.165) is 24.8 Å². The van der Waals surface area contributed by atoms with Crippen LogP contribution < -0.4 is 5.73 Å². The molecule has 2 unspecified atom stereocenters. The lowest BCUT2D eigenvalue weighted by molar-refractivity contribution is 0.00601. The van der Waals surface area contributed by atoms with Crippen LogP contribution in [0.15, 0.2) is 24.3 Å². The van der Waals surface area contributed by atoms with Gasteiger partial charge in [0.25, 0.3) is 0 Å². The SMILES string of the molecule is CCC1(C(O)C(CN)c2cccc(Cl)c2)CCCC1. The maximum absolute atomic E-state index is 10.9. The van der Waals surface area contributed by atoms with Crippen LogP contribution in [0.2, 0.25) is 5.02 Å². The van der Waals surface area contributed by atoms with Gasteiger partial charge in [0.1, 0.15) is 0 Å². The Bertz CT molecular complexity index is 415. The van der Waals surface area contributed by atoms with Crippen LogP contribution in [0.25, 0.3) is 0 Å². The van der Waals surface area contributed by atoms with Crippen LogP contribution in [0.3, 0.4) is 0 Å². The van der Waals surface area contributed by atoms with E-state index in [9.17, 15) is 5.11 Å². The smallest absolute Gasteiger partial charge is 0.0676 e. The molecule has 1 saturated carbocycles. The van der Waals surface area contributed by atoms with Crippen LogP contribution in [-0.2, 0) is 0 Å². The van der Waals surface area contributed by atoms with E-state index >= 15 is 0 Å². The summed E-state index contributed by atoms with van der Waals surface area (Å²) in [6.07, 6.45) is 5.31. The summed E-state index contributed by atoms with van der Waals surface area (Å²) in [6, 6.07) is 7.74. The molecule has 2 atom stereocenters. The highest BCUT2D eigenvalue weighted by Crippen LogP contribution is 2.47. The average molecular weight is 282 g/mol. The Labute approximate surface area is 121 Å². The van der Waals surface area contributed by atoms with Gasteiger partial charge in [-0.25, -0.2) is 0 Å². The van der Waals surface area contributed by atoms with Crippen LogP contribution in [0, 0.1) is 5.41 Å². The summed E-state index contributed by atoms with van der Waals surface area (Å²) in [5.74, 6) is -0.0169. The van der Waals surface area contributed by atoms with Crippen molar-refractivity contribution in [3.8, 4) is 0 Å². The Hall–Kier alpha value is -0.570. The van der Waals surface area contributed by atoms with Gasteiger partial charge in [-0.1, -0.05) is 43.5 Å². The molecule has 0 radical (unpaired) electrons. The molecule has 106 valence electrons. The lowest BCUT2D eigenvalue weighted by Gasteiger charge is -2.38. The minimum absolute atomic E-state index is 0.0169. The summed E-state index contributed by atoms with van der Waals surface area (Å²) in [4.78, 5) is 0. The van der Waals surface area contributed by atoms with Crippen molar-refractivity contribution >= 4 is 11.6 Å². The zero-order valence-corrected chi connectivity index (χ0v) is 12.4. The maximum atomic E-state index is 10.9. The first-order valence-electron chi connectivity index (χ1n) is 7.26. The highest BCUT2D eigenvalue weighted by atomic mass is 35.5. The van der Waals surface area contributed by atoms with E-state index in [1.54, 1.807) is 0 Å². The van der Waals surface area contributed by atoms with Gasteiger partial charge in [0.15, 0.2) is 0 Å². The quantitative estimate of drug-likeness (QED) is 0.864. The molecule has 1 fully saturated rings. The Morgan fingerprint density at radius 2 is 2.05 bits per heavy atom. The lowest BCUT2D eigenvalue weighted by Crippen LogP contribution is -2.40. The molecule has 0 amide bonds. The fourth-order valence-electron chi connectivity index (χ4n) is 3.55. The molecule has 0 heterocycles. The molecular weight excluding hydrogens is 258 g/mol. The van der Waals surface area contributed by atoms with E-state index in [1.807, 2.05) is 24.3 Å². The van der Waals surface area contributed by atoms with Gasteiger partial charge in [0.05, 0.1) is 6.10 Å². The highest BCUT2D eigenvalue weighted by Gasteiger charge is 2.42. The second-order valence-electron chi connectivity index (χ2n) is 5.77. The molecule has 2 nitrogen and oxygen atoms in total. The largest absolute Gasteiger partial charge is 0.392 e. The number of benzene rings is 1. The van der Waals surface area contributed by atoms with E-state index in [2.05, 4.69) is 6.92 Å². The van der Waals surface area contributed by atoms with Crippen molar-refractivity contribution in [1.29, 1.82) is 0 Å². The Morgan fingerprint density at radius 1 is 1.37 bits per heavy atom. The van der Waals surface area contributed by atoms with Gasteiger partial charge >= 0.3 is 0 Å². The number of aliphatic hydroxyl groups excluding tert-OH is 1. The van der Waals surface area contributed by atoms with Gasteiger partial charge in [-0.15, -0.1) is 0 Å². The van der Waals surface area contributed by atoms with Crippen molar-refractivity contribution in [3.63, 3.8) is 0 Å². The first kappa shape index (κ1) is 14.8. The first-order valence-corrected chi connectivity index (χ1v) is 7.64. The monoisotopic (exact) mass is 281 g/mol. The van der Waals surface area contributed by atoms with Crippen molar-refractivity contribution in [2.45, 2.75) is 51.0 Å². The third-order valence-electron chi connectivity index (χ3n) is 4.84. The number of rotatable bonds is 5. The molecule has 1 aromatic rings. The summed E-state index contributed by atoms with van der Waals surface area (Å²) in [5.41, 5.74) is 7.04. The molecule has 0 bridgehead atoms. The zero-order chi connectivity index (χ0) is 13.9. The van der Waals surface area contributed by atoms with E-state index in [-0.39, 0.29) is 17.4 Å². The zero-order valence-electron chi connectivity index (χ0n) is 11.6. The lowest BCUT2D eigenvalue weighted by atomic mass is 9.71. The topological polar surface area (TPSA) is 46.2 Å². The molecular formula is C16H24ClNO. The molecule has 0 spiro atoms. The van der Waals surface area contributed by atoms with E-state index < -0.39 is 0 Å². The van der Waals surface area contributed by atoms with Crippen molar-refractivity contribution in [2.24, 2.45) is 11.1 Å². The van der Waals surface area contributed by atoms with Gasteiger partial charge < -0.3 is 10.8 Å². The second-order valence-corrected chi connectivity index (χ2v) is 6.20. The summed E-state index contributed by atoms with van der Waals surface area (Å²) in [7, 11) is 0. The molecule has 1 aliphatic rings. The van der Waals surface area contributed by atoms with Crippen molar-refractivity contribution in [2.75, 3.05) is 6.54 Å². The first-order chi connectivity index (χ1) is 9.13. The Kier molecular flexibility index (Phi) is 4.88. The van der Waals surface area contributed by atoms with Crippen molar-refractivity contribution in [3.05, 3.63) is 34.9 Å². The number of hydrogen-bond donors (Lipinski definition) is 2. The van der Waals surface area contributed by atoms with Gasteiger partial charge in [-0.3, -0.25) is 0 Å². The Morgan fingerprint density at radius 3 is 2.58 bits per heavy atom. The maximum Gasteiger partial charge on any atom is 0.0676 e. The molecule has 1 aliphatic carbocycles. The van der Waals surface area contributed by atoms with Crippen LogP contribution in [0.1, 0.15) is 50.5 Å². The normalized spacial score (nSPS) is 21.3. The van der Waals surface area contributed by atoms with Gasteiger partial charge in [-0.2, -0.15) is 0 Å². The van der Waals surface area contributed by atoms with E-state index in [1.165, 1.54) is 12.8 Å². The summed E-state index contributed by atoms with van der Waals surface area (Å²) < 4.78 is 0. The molecule has 0 saturated heterocycles. The number of hydrogen-bond acceptors (Lipinski definition) is 2. The Balaban J connectivity index is 2.26. The highest BCUT2D eigenvalue weighted by molar-refractivity contribution is 6.30. The van der Waals surface area contributed by atoms with Crippen molar-refractivity contribution in [1.82, 2.24) is 0 Å². The van der Waals surface area contributed by atoms with E-state index in [4.69, 9.17) is 17.3 Å². The van der Waals surface area contributed by atoms with E-state index in [0.29, 0.717) is 11.6 Å². The van der Waals surface area contributed by atoms with Crippen LogP contribution in [0.5, 0.6) is 0 Å². The summed E-state index contributed by atoms with van der Waals surface area (Å²) >= 11 is 6.06. The molecule has 0 aliphatic heterocycles. The predicted molar refractivity (Wildman–Crippen MR) is 80.4 cm³/mol. The number of nitrogens with two attached hydrogens (primary N) is 1. The fourth-order valence-corrected chi connectivity index (χ4v) is 3.75. The minimum atomic E-state index is -0.372. The molecule has 2 rings (SSSR count). The van der Waals surface area contributed by atoms with Crippen molar-refractivity contribution < 1.29 is 5.11 Å². The summed E-state index contributed by atoms with van der Waals surface area (Å²) in [5, 5.41) is 11.6. The van der Waals surface area contributed by atoms with Gasteiger partial charge in [0, 0.05) is 17.5 Å².